The number of anilines is 1. The van der Waals surface area contributed by atoms with Crippen LogP contribution in [0.3, 0.4) is 0 Å². The number of carbonyl (C=O) groups is 1. The van der Waals surface area contributed by atoms with E-state index in [0.29, 0.717) is 36.8 Å². The number of rotatable bonds is 7. The molecule has 0 saturated heterocycles. The van der Waals surface area contributed by atoms with Crippen molar-refractivity contribution in [2.75, 3.05) is 26.0 Å². The number of ether oxygens (including phenoxy) is 2. The molecule has 3 N–H and O–H groups in total. The average Bonchev–Trinajstić information content (AvgIpc) is 2.54. The molecule has 0 bridgehead atoms. The molecule has 0 radical (unpaired) electrons. The van der Waals surface area contributed by atoms with E-state index in [1.54, 1.807) is 31.4 Å². The fraction of sp³-hybridized carbons (Fsp3) is 0.235. The van der Waals surface area contributed by atoms with Gasteiger partial charge >= 0.3 is 0 Å². The quantitative estimate of drug-likeness (QED) is 0.607. The zero-order valence-electron chi connectivity index (χ0n) is 12.5. The number of nitrogens with two attached hydrogens (primary N) is 1. The van der Waals surface area contributed by atoms with Crippen LogP contribution in [0.5, 0.6) is 5.75 Å². The topological polar surface area (TPSA) is 73.6 Å². The van der Waals surface area contributed by atoms with E-state index in [1.807, 2.05) is 24.3 Å². The monoisotopic (exact) mass is 300 g/mol. The Bertz CT molecular complexity index is 629. The molecule has 0 saturated carbocycles. The Morgan fingerprint density at radius 2 is 2.00 bits per heavy atom. The third kappa shape index (κ3) is 4.79. The molecular weight excluding hydrogens is 280 g/mol. The molecule has 2 aromatic carbocycles. The van der Waals surface area contributed by atoms with E-state index in [0.717, 1.165) is 5.56 Å². The van der Waals surface area contributed by atoms with Crippen molar-refractivity contribution in [1.82, 2.24) is 5.32 Å². The van der Waals surface area contributed by atoms with Crippen molar-refractivity contribution in [1.29, 1.82) is 0 Å². The Hall–Kier alpha value is -2.53. The number of methoxy groups -OCH3 is 1. The van der Waals surface area contributed by atoms with E-state index in [-0.39, 0.29) is 5.91 Å². The molecule has 2 aromatic rings. The fourth-order valence-corrected chi connectivity index (χ4v) is 1.98. The van der Waals surface area contributed by atoms with Crippen LogP contribution in [0.1, 0.15) is 15.9 Å². The minimum absolute atomic E-state index is 0.147. The van der Waals surface area contributed by atoms with Crippen LogP contribution in [-0.2, 0) is 11.3 Å². The second-order valence-electron chi connectivity index (χ2n) is 4.79. The molecule has 0 unspecified atom stereocenters. The first-order valence-corrected chi connectivity index (χ1v) is 7.03. The molecular formula is C17H20N2O3. The van der Waals surface area contributed by atoms with Gasteiger partial charge in [0, 0.05) is 17.8 Å². The summed E-state index contributed by atoms with van der Waals surface area (Å²) in [6.45, 7) is 1.35. The maximum Gasteiger partial charge on any atom is 0.251 e. The lowest BCUT2D eigenvalue weighted by atomic mass is 10.2. The summed E-state index contributed by atoms with van der Waals surface area (Å²) in [4.78, 5) is 12.0. The van der Waals surface area contributed by atoms with Gasteiger partial charge in [0.2, 0.25) is 0 Å². The zero-order chi connectivity index (χ0) is 15.8. The van der Waals surface area contributed by atoms with Gasteiger partial charge in [-0.2, -0.15) is 0 Å². The normalized spacial score (nSPS) is 10.2. The third-order valence-corrected chi connectivity index (χ3v) is 3.08. The van der Waals surface area contributed by atoms with Gasteiger partial charge in [-0.3, -0.25) is 4.79 Å². The number of hydrogen-bond acceptors (Lipinski definition) is 4. The lowest BCUT2D eigenvalue weighted by Crippen LogP contribution is -2.27. The van der Waals surface area contributed by atoms with Crippen LogP contribution >= 0.6 is 0 Å². The van der Waals surface area contributed by atoms with Gasteiger partial charge in [0.15, 0.2) is 0 Å². The second-order valence-corrected chi connectivity index (χ2v) is 4.79. The summed E-state index contributed by atoms with van der Waals surface area (Å²) in [6, 6.07) is 14.6. The lowest BCUT2D eigenvalue weighted by molar-refractivity contribution is 0.0900. The van der Waals surface area contributed by atoms with Gasteiger partial charge in [0.25, 0.3) is 5.91 Å². The minimum Gasteiger partial charge on any atom is -0.497 e. The molecule has 0 aliphatic rings. The summed E-state index contributed by atoms with van der Waals surface area (Å²) in [5, 5.41) is 2.80. The van der Waals surface area contributed by atoms with E-state index in [1.165, 1.54) is 0 Å². The first kappa shape index (κ1) is 15.9. The maximum atomic E-state index is 12.0. The van der Waals surface area contributed by atoms with Crippen LogP contribution in [0, 0.1) is 0 Å². The number of nitrogen functional groups attached to an aromatic ring is 1. The highest BCUT2D eigenvalue weighted by molar-refractivity contribution is 5.94. The van der Waals surface area contributed by atoms with Gasteiger partial charge in [0.1, 0.15) is 5.75 Å². The molecule has 0 fully saturated rings. The Kier molecular flexibility index (Phi) is 5.80. The van der Waals surface area contributed by atoms with Gasteiger partial charge in [0.05, 0.1) is 20.3 Å². The number of benzene rings is 2. The van der Waals surface area contributed by atoms with Gasteiger partial charge in [-0.15, -0.1) is 0 Å². The maximum absolute atomic E-state index is 12.0. The van der Waals surface area contributed by atoms with E-state index in [9.17, 15) is 4.79 Å². The van der Waals surface area contributed by atoms with Crippen molar-refractivity contribution >= 4 is 11.6 Å². The summed E-state index contributed by atoms with van der Waals surface area (Å²) in [5.74, 6) is 0.511. The van der Waals surface area contributed by atoms with Crippen LogP contribution < -0.4 is 15.8 Å². The first-order chi connectivity index (χ1) is 10.7. The van der Waals surface area contributed by atoms with Crippen molar-refractivity contribution in [3.05, 3.63) is 59.7 Å². The second kappa shape index (κ2) is 8.05. The first-order valence-electron chi connectivity index (χ1n) is 7.03. The Labute approximate surface area is 130 Å². The summed E-state index contributed by atoms with van der Waals surface area (Å²) in [7, 11) is 1.57. The molecule has 2 rings (SSSR count). The molecule has 5 heteroatoms. The van der Waals surface area contributed by atoms with Crippen LogP contribution in [-0.4, -0.2) is 26.2 Å². The third-order valence-electron chi connectivity index (χ3n) is 3.08. The van der Waals surface area contributed by atoms with Crippen molar-refractivity contribution in [2.24, 2.45) is 0 Å². The van der Waals surface area contributed by atoms with Crippen LogP contribution in [0.25, 0.3) is 0 Å². The van der Waals surface area contributed by atoms with Crippen LogP contribution in [0.2, 0.25) is 0 Å². The Balaban J connectivity index is 1.71. The summed E-state index contributed by atoms with van der Waals surface area (Å²) < 4.78 is 10.6. The van der Waals surface area contributed by atoms with E-state index in [2.05, 4.69) is 5.32 Å². The summed E-state index contributed by atoms with van der Waals surface area (Å²) in [6.07, 6.45) is 0. The van der Waals surface area contributed by atoms with E-state index < -0.39 is 0 Å². The summed E-state index contributed by atoms with van der Waals surface area (Å²) in [5.41, 5.74) is 7.99. The molecule has 0 atom stereocenters. The lowest BCUT2D eigenvalue weighted by Gasteiger charge is -2.08. The van der Waals surface area contributed by atoms with Gasteiger partial charge < -0.3 is 20.5 Å². The number of amides is 1. The molecule has 5 nitrogen and oxygen atoms in total. The molecule has 0 spiro atoms. The smallest absolute Gasteiger partial charge is 0.251 e. The molecule has 0 aromatic heterocycles. The van der Waals surface area contributed by atoms with Crippen molar-refractivity contribution in [3.8, 4) is 5.75 Å². The number of carbonyl (C=O) groups excluding carboxylic acids is 1. The molecule has 0 aliphatic heterocycles. The van der Waals surface area contributed by atoms with Gasteiger partial charge in [-0.05, 0) is 35.9 Å². The number of nitrogens with one attached hydrogen (secondary N) is 1. The minimum atomic E-state index is -0.147. The van der Waals surface area contributed by atoms with Crippen LogP contribution in [0.4, 0.5) is 5.69 Å². The van der Waals surface area contributed by atoms with Crippen molar-refractivity contribution in [2.45, 2.75) is 6.61 Å². The van der Waals surface area contributed by atoms with Crippen molar-refractivity contribution < 1.29 is 14.3 Å². The number of hydrogen-bond donors (Lipinski definition) is 2. The summed E-state index contributed by atoms with van der Waals surface area (Å²) >= 11 is 0. The Morgan fingerprint density at radius 3 is 2.77 bits per heavy atom. The molecule has 0 heterocycles. The highest BCUT2D eigenvalue weighted by Crippen LogP contribution is 2.12. The predicted octanol–water partition coefficient (Wildman–Crippen LogP) is 2.22. The van der Waals surface area contributed by atoms with Gasteiger partial charge in [-0.1, -0.05) is 18.2 Å². The largest absolute Gasteiger partial charge is 0.497 e. The van der Waals surface area contributed by atoms with Gasteiger partial charge in [-0.25, -0.2) is 0 Å². The molecule has 116 valence electrons. The Morgan fingerprint density at radius 1 is 1.18 bits per heavy atom. The average molecular weight is 300 g/mol. The molecule has 1 amide bonds. The highest BCUT2D eigenvalue weighted by atomic mass is 16.5. The predicted molar refractivity (Wildman–Crippen MR) is 85.8 cm³/mol. The van der Waals surface area contributed by atoms with E-state index in [4.69, 9.17) is 15.2 Å². The van der Waals surface area contributed by atoms with Crippen LogP contribution in [0.15, 0.2) is 48.5 Å². The highest BCUT2D eigenvalue weighted by Gasteiger charge is 2.05. The van der Waals surface area contributed by atoms with Crippen molar-refractivity contribution in [3.63, 3.8) is 0 Å². The van der Waals surface area contributed by atoms with E-state index >= 15 is 0 Å². The molecule has 22 heavy (non-hydrogen) atoms. The zero-order valence-corrected chi connectivity index (χ0v) is 12.5. The SMILES string of the molecule is COc1cccc(C(=O)NCCOCc2cccc(N)c2)c1. The standard InChI is InChI=1S/C17H20N2O3/c1-21-16-7-3-5-14(11-16)17(20)19-8-9-22-12-13-4-2-6-15(18)10-13/h2-7,10-11H,8-9,12,18H2,1H3,(H,19,20). The fourth-order valence-electron chi connectivity index (χ4n) is 1.98. The molecule has 0 aliphatic carbocycles.